The van der Waals surface area contributed by atoms with Crippen molar-refractivity contribution in [3.8, 4) is 16.9 Å². The first-order chi connectivity index (χ1) is 18.7. The molecule has 10 nitrogen and oxygen atoms in total. The summed E-state index contributed by atoms with van der Waals surface area (Å²) in [6.45, 7) is 1.71. The molecule has 0 saturated heterocycles. The van der Waals surface area contributed by atoms with Crippen LogP contribution in [0.2, 0.25) is 5.15 Å². The number of hydrogen-bond donors (Lipinski definition) is 1. The molecule has 1 N–H and O–H groups in total. The normalized spacial score (nSPS) is 19.0. The molecule has 2 aliphatic rings. The quantitative estimate of drug-likeness (QED) is 0.377. The molecule has 5 rings (SSSR count). The van der Waals surface area contributed by atoms with Crippen LogP contribution in [0.25, 0.3) is 11.1 Å². The summed E-state index contributed by atoms with van der Waals surface area (Å²) in [6.07, 6.45) is 9.11. The third-order valence-electron chi connectivity index (χ3n) is 6.92. The number of halogens is 2. The van der Waals surface area contributed by atoms with Crippen LogP contribution in [0, 0.1) is 12.7 Å². The van der Waals surface area contributed by atoms with E-state index >= 15 is 4.39 Å². The first-order valence-corrected chi connectivity index (χ1v) is 13.9. The van der Waals surface area contributed by atoms with Gasteiger partial charge in [0, 0.05) is 30.5 Å². The highest BCUT2D eigenvalue weighted by Gasteiger charge is 2.33. The highest BCUT2D eigenvalue weighted by Crippen LogP contribution is 2.37. The lowest BCUT2D eigenvalue weighted by molar-refractivity contribution is -0.00525. The van der Waals surface area contributed by atoms with Gasteiger partial charge in [-0.25, -0.2) is 9.37 Å². The second-order valence-electron chi connectivity index (χ2n) is 9.74. The van der Waals surface area contributed by atoms with Crippen LogP contribution in [-0.4, -0.2) is 69.3 Å². The van der Waals surface area contributed by atoms with Gasteiger partial charge in [-0.1, -0.05) is 22.9 Å². The molecule has 0 bridgehead atoms. The van der Waals surface area contributed by atoms with Gasteiger partial charge in [0.2, 0.25) is 10.1 Å². The van der Waals surface area contributed by atoms with Gasteiger partial charge in [0.15, 0.2) is 11.0 Å². The van der Waals surface area contributed by atoms with E-state index in [1.807, 2.05) is 0 Å². The number of methoxy groups -OCH3 is 1. The first kappa shape index (κ1) is 27.4. The number of nitrogens with zero attached hydrogens (tertiary/aromatic N) is 5. The highest BCUT2D eigenvalue weighted by molar-refractivity contribution is 7.17. The van der Waals surface area contributed by atoms with Gasteiger partial charge in [-0.15, -0.1) is 10.2 Å². The second-order valence-corrected chi connectivity index (χ2v) is 11.1. The Morgan fingerprint density at radius 1 is 1.15 bits per heavy atom. The molecule has 2 atom stereocenters. The molecule has 0 unspecified atom stereocenters. The molecular formula is C26H28ClFN6O4S. The zero-order valence-electron chi connectivity index (χ0n) is 21.7. The van der Waals surface area contributed by atoms with Gasteiger partial charge >= 0.3 is 0 Å². The Labute approximate surface area is 233 Å². The number of nitrogens with one attached hydrogen (secondary N) is 1. The molecule has 2 fully saturated rings. The minimum absolute atomic E-state index is 0.0145. The molecule has 2 aliphatic carbocycles. The zero-order chi connectivity index (χ0) is 27.7. The van der Waals surface area contributed by atoms with Crippen molar-refractivity contribution in [2.75, 3.05) is 19.5 Å². The molecule has 13 heteroatoms. The van der Waals surface area contributed by atoms with Crippen LogP contribution in [0.5, 0.6) is 5.75 Å². The standard InChI is InChI=1S/C26H28ClFN6O4S/c1-13-9-17(20-19(37-3)12-30-22(27)21(20)28)18(11-29-13)23(35)31-26-33-32-24(39-26)25(36)34(2)14-5-4-6-16(10-14)38-15-7-8-15/h9,11-12,14-16H,4-8,10H2,1-3H3,(H,31,33,35)/t14-,16+/m1/s1. The summed E-state index contributed by atoms with van der Waals surface area (Å²) >= 11 is 6.89. The summed E-state index contributed by atoms with van der Waals surface area (Å²) in [5, 5.41) is 10.6. The summed E-state index contributed by atoms with van der Waals surface area (Å²) in [6, 6.07) is 1.61. The van der Waals surface area contributed by atoms with Gasteiger partial charge in [0.05, 0.1) is 36.6 Å². The molecule has 0 aliphatic heterocycles. The van der Waals surface area contributed by atoms with Crippen LogP contribution in [-0.2, 0) is 4.74 Å². The number of carbonyl (C=O) groups is 2. The highest BCUT2D eigenvalue weighted by atomic mass is 35.5. The number of aromatic nitrogens is 4. The van der Waals surface area contributed by atoms with Crippen molar-refractivity contribution in [2.24, 2.45) is 0 Å². The Morgan fingerprint density at radius 3 is 2.69 bits per heavy atom. The van der Waals surface area contributed by atoms with Gasteiger partial charge in [0.1, 0.15) is 5.75 Å². The van der Waals surface area contributed by atoms with Crippen molar-refractivity contribution >= 4 is 39.9 Å². The Hall–Kier alpha value is -3.22. The second kappa shape index (κ2) is 11.5. The van der Waals surface area contributed by atoms with Crippen molar-refractivity contribution in [3.63, 3.8) is 0 Å². The van der Waals surface area contributed by atoms with Crippen LogP contribution < -0.4 is 10.1 Å². The van der Waals surface area contributed by atoms with Crippen molar-refractivity contribution in [1.82, 2.24) is 25.1 Å². The van der Waals surface area contributed by atoms with Crippen molar-refractivity contribution in [3.05, 3.63) is 45.7 Å². The molecule has 2 amide bonds. The topological polar surface area (TPSA) is 119 Å². The molecule has 0 spiro atoms. The number of carbonyl (C=O) groups excluding carboxylic acids is 2. The summed E-state index contributed by atoms with van der Waals surface area (Å²) < 4.78 is 26.4. The average molecular weight is 575 g/mol. The lowest BCUT2D eigenvalue weighted by atomic mass is 9.92. The number of anilines is 1. The van der Waals surface area contributed by atoms with Crippen molar-refractivity contribution in [1.29, 1.82) is 0 Å². The summed E-state index contributed by atoms with van der Waals surface area (Å²) in [4.78, 5) is 36.1. The Bertz CT molecular complexity index is 1400. The van der Waals surface area contributed by atoms with Crippen LogP contribution in [0.1, 0.15) is 64.4 Å². The molecular weight excluding hydrogens is 547 g/mol. The Kier molecular flexibility index (Phi) is 8.06. The third-order valence-corrected chi connectivity index (χ3v) is 8.01. The van der Waals surface area contributed by atoms with Gasteiger partial charge in [-0.3, -0.25) is 19.9 Å². The van der Waals surface area contributed by atoms with Crippen LogP contribution >= 0.6 is 22.9 Å². The van der Waals surface area contributed by atoms with Crippen LogP contribution in [0.3, 0.4) is 0 Å². The molecule has 3 aromatic rings. The van der Waals surface area contributed by atoms with E-state index < -0.39 is 11.7 Å². The maximum Gasteiger partial charge on any atom is 0.284 e. The third kappa shape index (κ3) is 6.02. The maximum atomic E-state index is 15.1. The first-order valence-electron chi connectivity index (χ1n) is 12.7. The van der Waals surface area contributed by atoms with E-state index in [9.17, 15) is 9.59 Å². The minimum Gasteiger partial charge on any atom is -0.494 e. The maximum absolute atomic E-state index is 15.1. The van der Waals surface area contributed by atoms with E-state index in [1.54, 1.807) is 24.9 Å². The molecule has 3 heterocycles. The van der Waals surface area contributed by atoms with E-state index in [2.05, 4.69) is 25.5 Å². The number of aryl methyl sites for hydroxylation is 1. The van der Waals surface area contributed by atoms with Gasteiger partial charge in [-0.05, 0) is 51.5 Å². The largest absolute Gasteiger partial charge is 0.494 e. The average Bonchev–Trinajstić information content (AvgIpc) is 3.63. The number of hydrogen-bond acceptors (Lipinski definition) is 9. The smallest absolute Gasteiger partial charge is 0.284 e. The molecule has 0 aromatic carbocycles. The lowest BCUT2D eigenvalue weighted by Gasteiger charge is -2.34. The van der Waals surface area contributed by atoms with E-state index in [1.165, 1.54) is 19.5 Å². The number of pyridine rings is 2. The predicted molar refractivity (Wildman–Crippen MR) is 144 cm³/mol. The lowest BCUT2D eigenvalue weighted by Crippen LogP contribution is -2.42. The molecule has 0 radical (unpaired) electrons. The number of ether oxygens (including phenoxy) is 2. The van der Waals surface area contributed by atoms with Crippen LogP contribution in [0.4, 0.5) is 9.52 Å². The van der Waals surface area contributed by atoms with Gasteiger partial charge in [0.25, 0.3) is 11.8 Å². The van der Waals surface area contributed by atoms with Crippen molar-refractivity contribution in [2.45, 2.75) is 63.7 Å². The summed E-state index contributed by atoms with van der Waals surface area (Å²) in [5.41, 5.74) is 0.818. The molecule has 3 aromatic heterocycles. The van der Waals surface area contributed by atoms with E-state index in [0.717, 1.165) is 49.9 Å². The van der Waals surface area contributed by atoms with E-state index in [0.29, 0.717) is 11.8 Å². The molecule has 2 saturated carbocycles. The summed E-state index contributed by atoms with van der Waals surface area (Å²) in [7, 11) is 3.13. The fourth-order valence-electron chi connectivity index (χ4n) is 4.71. The summed E-state index contributed by atoms with van der Waals surface area (Å²) in [5.74, 6) is -1.59. The fourth-order valence-corrected chi connectivity index (χ4v) is 5.58. The monoisotopic (exact) mass is 574 g/mol. The predicted octanol–water partition coefficient (Wildman–Crippen LogP) is 4.92. The molecule has 206 valence electrons. The SMILES string of the molecule is COc1cnc(Cl)c(F)c1-c1cc(C)ncc1C(=O)Nc1nnc(C(=O)N(C)[C@@H]2CCC[C@H](OC3CC3)C2)s1. The van der Waals surface area contributed by atoms with Gasteiger partial charge < -0.3 is 14.4 Å². The van der Waals surface area contributed by atoms with Crippen molar-refractivity contribution < 1.29 is 23.5 Å². The van der Waals surface area contributed by atoms with Gasteiger partial charge in [-0.2, -0.15) is 0 Å². The Balaban J connectivity index is 1.32. The number of amides is 2. The Morgan fingerprint density at radius 2 is 1.95 bits per heavy atom. The zero-order valence-corrected chi connectivity index (χ0v) is 23.3. The fraction of sp³-hybridized carbons (Fsp3) is 0.462. The van der Waals surface area contributed by atoms with E-state index in [-0.39, 0.29) is 55.8 Å². The minimum atomic E-state index is -0.824. The number of rotatable bonds is 8. The molecule has 39 heavy (non-hydrogen) atoms. The van der Waals surface area contributed by atoms with Crippen LogP contribution in [0.15, 0.2) is 18.5 Å². The van der Waals surface area contributed by atoms with E-state index in [4.69, 9.17) is 21.1 Å².